The molecule has 4 N–H and O–H groups in total. The number of hydrogen-bond acceptors (Lipinski definition) is 7. The van der Waals surface area contributed by atoms with Gasteiger partial charge in [-0.15, -0.1) is 10.2 Å². The molecule has 3 heterocycles. The number of benzene rings is 2. The molecular weight excluding hydrogens is 588 g/mol. The third-order valence-corrected chi connectivity index (χ3v) is 9.25. The van der Waals surface area contributed by atoms with Gasteiger partial charge in [-0.05, 0) is 93.6 Å². The SMILES string of the molecule is Cc1ccc(C)c(N/C(=C\C(=N)C(C)(C)C)NC(=O)N[C@H]2CC[C@@H](Oc3ccc4nnc([C@@H]5CCCN5C)n4c3)c3ccccc32)c1. The second-order valence-corrected chi connectivity index (χ2v) is 13.9. The topological polar surface area (TPSA) is 120 Å². The third-order valence-electron chi connectivity index (χ3n) is 9.25. The van der Waals surface area contributed by atoms with Gasteiger partial charge in [0.1, 0.15) is 17.7 Å². The van der Waals surface area contributed by atoms with E-state index in [0.717, 1.165) is 71.0 Å². The molecule has 1 saturated heterocycles. The maximum absolute atomic E-state index is 13.5. The molecule has 0 unspecified atom stereocenters. The number of anilines is 1. The summed E-state index contributed by atoms with van der Waals surface area (Å²) in [6, 6.07) is 17.9. The molecule has 0 saturated carbocycles. The number of carbonyl (C=O) groups is 1. The van der Waals surface area contributed by atoms with Crippen LogP contribution in [0.1, 0.15) is 92.7 Å². The van der Waals surface area contributed by atoms with Crippen LogP contribution in [0.5, 0.6) is 5.75 Å². The van der Waals surface area contributed by atoms with E-state index in [1.807, 2.05) is 77.2 Å². The largest absolute Gasteiger partial charge is 0.484 e. The number of allylic oxidation sites excluding steroid dienone is 1. The van der Waals surface area contributed by atoms with E-state index in [0.29, 0.717) is 18.0 Å². The molecule has 2 aromatic carbocycles. The van der Waals surface area contributed by atoms with E-state index in [-0.39, 0.29) is 29.6 Å². The summed E-state index contributed by atoms with van der Waals surface area (Å²) >= 11 is 0. The predicted molar refractivity (Wildman–Crippen MR) is 186 cm³/mol. The molecule has 3 atom stereocenters. The lowest BCUT2D eigenvalue weighted by molar-refractivity contribution is 0.171. The Labute approximate surface area is 277 Å². The maximum Gasteiger partial charge on any atom is 0.320 e. The molecule has 1 fully saturated rings. The Morgan fingerprint density at radius 2 is 1.81 bits per heavy atom. The number of fused-ring (bicyclic) bond motifs is 2. The summed E-state index contributed by atoms with van der Waals surface area (Å²) in [7, 11) is 2.14. The number of nitrogens with one attached hydrogen (secondary N) is 4. The Hall–Kier alpha value is -4.70. The fourth-order valence-corrected chi connectivity index (χ4v) is 6.41. The van der Waals surface area contributed by atoms with E-state index in [1.165, 1.54) is 0 Å². The average Bonchev–Trinajstić information content (AvgIpc) is 3.64. The first-order valence-electron chi connectivity index (χ1n) is 16.5. The zero-order chi connectivity index (χ0) is 33.3. The highest BCUT2D eigenvalue weighted by Crippen LogP contribution is 2.39. The van der Waals surface area contributed by atoms with Crippen LogP contribution in [0.15, 0.2) is 72.7 Å². The first-order chi connectivity index (χ1) is 22.5. The highest BCUT2D eigenvalue weighted by molar-refractivity contribution is 5.97. The minimum absolute atomic E-state index is 0.160. The number of amides is 2. The van der Waals surface area contributed by atoms with Crippen molar-refractivity contribution in [1.29, 1.82) is 5.41 Å². The number of ether oxygens (including phenoxy) is 1. The molecule has 0 spiro atoms. The number of likely N-dealkylation sites (tertiary alicyclic amines) is 1. The molecule has 1 aliphatic heterocycles. The van der Waals surface area contributed by atoms with Crippen molar-refractivity contribution in [3.05, 3.63) is 101 Å². The van der Waals surface area contributed by atoms with E-state index < -0.39 is 0 Å². The van der Waals surface area contributed by atoms with Crippen molar-refractivity contribution in [1.82, 2.24) is 30.1 Å². The summed E-state index contributed by atoms with van der Waals surface area (Å²) in [5.74, 6) is 2.16. The summed E-state index contributed by atoms with van der Waals surface area (Å²) in [5, 5.41) is 27.1. The molecule has 246 valence electrons. The summed E-state index contributed by atoms with van der Waals surface area (Å²) < 4.78 is 8.68. The Morgan fingerprint density at radius 1 is 1.02 bits per heavy atom. The Morgan fingerprint density at radius 3 is 2.55 bits per heavy atom. The smallest absolute Gasteiger partial charge is 0.320 e. The summed E-state index contributed by atoms with van der Waals surface area (Å²) in [4.78, 5) is 15.8. The Balaban J connectivity index is 1.18. The first kappa shape index (κ1) is 32.2. The van der Waals surface area contributed by atoms with E-state index in [4.69, 9.17) is 10.1 Å². The minimum Gasteiger partial charge on any atom is -0.484 e. The van der Waals surface area contributed by atoms with Crippen LogP contribution in [0.25, 0.3) is 5.65 Å². The number of carbonyl (C=O) groups excluding carboxylic acids is 1. The molecule has 47 heavy (non-hydrogen) atoms. The van der Waals surface area contributed by atoms with Crippen molar-refractivity contribution in [3.63, 3.8) is 0 Å². The van der Waals surface area contributed by atoms with Crippen LogP contribution < -0.4 is 20.7 Å². The molecule has 2 aromatic heterocycles. The number of hydrogen-bond donors (Lipinski definition) is 4. The molecule has 6 rings (SSSR count). The van der Waals surface area contributed by atoms with Gasteiger partial charge in [-0.25, -0.2) is 4.79 Å². The lowest BCUT2D eigenvalue weighted by Gasteiger charge is -2.32. The van der Waals surface area contributed by atoms with Crippen LogP contribution >= 0.6 is 0 Å². The van der Waals surface area contributed by atoms with Gasteiger partial charge in [0.05, 0.1) is 18.3 Å². The van der Waals surface area contributed by atoms with E-state index in [2.05, 4.69) is 60.7 Å². The molecule has 10 heteroatoms. The Bertz CT molecular complexity index is 1820. The number of rotatable bonds is 8. The average molecular weight is 635 g/mol. The lowest BCUT2D eigenvalue weighted by atomic mass is 9.85. The number of urea groups is 1. The van der Waals surface area contributed by atoms with Crippen molar-refractivity contribution in [3.8, 4) is 5.75 Å². The molecule has 2 amide bonds. The zero-order valence-corrected chi connectivity index (χ0v) is 28.2. The van der Waals surface area contributed by atoms with Crippen LogP contribution in [-0.4, -0.2) is 44.8 Å². The van der Waals surface area contributed by atoms with Gasteiger partial charge >= 0.3 is 6.03 Å². The summed E-state index contributed by atoms with van der Waals surface area (Å²) in [5.41, 5.74) is 5.96. The standard InChI is InChI=1S/C37H46N8O2/c1-23-13-14-24(2)29(20-23)39-33(21-32(38)37(3,4)5)41-36(46)40-28-16-17-31(27-11-8-7-10-26(27)28)47-25-15-18-34-42-43-35(45(34)22-25)30-12-9-19-44(30)6/h7-8,10-11,13-15,18,20-22,28,30-31,38-39H,9,12,16-17,19H2,1-6H3,(H2,40,41,46)/b33-21+,38-32?/t28-,30-,31+/m0/s1. The summed E-state index contributed by atoms with van der Waals surface area (Å²) in [6.45, 7) is 11.1. The van der Waals surface area contributed by atoms with Gasteiger partial charge in [0.2, 0.25) is 0 Å². The van der Waals surface area contributed by atoms with Gasteiger partial charge < -0.3 is 20.8 Å². The summed E-state index contributed by atoms with van der Waals surface area (Å²) in [6.07, 6.45) is 7.21. The van der Waals surface area contributed by atoms with Crippen LogP contribution in [0.4, 0.5) is 10.5 Å². The Kier molecular flexibility index (Phi) is 9.05. The second-order valence-electron chi connectivity index (χ2n) is 13.9. The molecule has 2 aliphatic rings. The fraction of sp³-hybridized carbons (Fsp3) is 0.405. The van der Waals surface area contributed by atoms with Crippen molar-refractivity contribution < 1.29 is 9.53 Å². The third kappa shape index (κ3) is 7.17. The molecule has 0 bridgehead atoms. The number of pyridine rings is 1. The monoisotopic (exact) mass is 634 g/mol. The van der Waals surface area contributed by atoms with Crippen molar-refractivity contribution in [2.75, 3.05) is 18.9 Å². The van der Waals surface area contributed by atoms with Gasteiger partial charge in [0.25, 0.3) is 0 Å². The highest BCUT2D eigenvalue weighted by Gasteiger charge is 2.31. The molecule has 1 aliphatic carbocycles. The van der Waals surface area contributed by atoms with Gasteiger partial charge in [0.15, 0.2) is 11.5 Å². The van der Waals surface area contributed by atoms with Crippen LogP contribution in [0, 0.1) is 24.7 Å². The van der Waals surface area contributed by atoms with Crippen LogP contribution in [0.2, 0.25) is 0 Å². The van der Waals surface area contributed by atoms with Crippen molar-refractivity contribution in [2.24, 2.45) is 5.41 Å². The van der Waals surface area contributed by atoms with E-state index in [1.54, 1.807) is 6.08 Å². The highest BCUT2D eigenvalue weighted by atomic mass is 16.5. The maximum atomic E-state index is 13.5. The lowest BCUT2D eigenvalue weighted by Crippen LogP contribution is -2.41. The van der Waals surface area contributed by atoms with Gasteiger partial charge in [-0.1, -0.05) is 57.2 Å². The number of aryl methyl sites for hydroxylation is 2. The number of nitrogens with zero attached hydrogens (tertiary/aromatic N) is 4. The van der Waals surface area contributed by atoms with Gasteiger partial charge in [-0.3, -0.25) is 14.6 Å². The fourth-order valence-electron chi connectivity index (χ4n) is 6.41. The van der Waals surface area contributed by atoms with Crippen molar-refractivity contribution in [2.45, 2.75) is 78.5 Å². The molecule has 10 nitrogen and oxygen atoms in total. The van der Waals surface area contributed by atoms with Crippen molar-refractivity contribution >= 4 is 23.1 Å². The quantitative estimate of drug-likeness (QED) is 0.150. The predicted octanol–water partition coefficient (Wildman–Crippen LogP) is 7.39. The second kappa shape index (κ2) is 13.2. The molecule has 4 aromatic rings. The minimum atomic E-state index is -0.378. The molecular formula is C37H46N8O2. The normalized spacial score (nSPS) is 20.1. The zero-order valence-electron chi connectivity index (χ0n) is 28.2. The van der Waals surface area contributed by atoms with E-state index >= 15 is 0 Å². The number of aromatic nitrogens is 3. The van der Waals surface area contributed by atoms with Gasteiger partial charge in [-0.2, -0.15) is 0 Å². The van der Waals surface area contributed by atoms with Crippen LogP contribution in [0.3, 0.4) is 0 Å². The van der Waals surface area contributed by atoms with Gasteiger partial charge in [0, 0.05) is 22.9 Å². The van der Waals surface area contributed by atoms with Crippen LogP contribution in [-0.2, 0) is 0 Å². The van der Waals surface area contributed by atoms with E-state index in [9.17, 15) is 4.79 Å². The first-order valence-corrected chi connectivity index (χ1v) is 16.5. The molecule has 0 radical (unpaired) electrons.